The number of piperazine rings is 1. The van der Waals surface area contributed by atoms with Gasteiger partial charge in [-0.15, -0.1) is 0 Å². The van der Waals surface area contributed by atoms with Crippen LogP contribution in [0.25, 0.3) is 0 Å². The fourth-order valence-corrected chi connectivity index (χ4v) is 4.68. The second-order valence-electron chi connectivity index (χ2n) is 8.12. The molecule has 0 aromatic heterocycles. The van der Waals surface area contributed by atoms with E-state index >= 15 is 0 Å². The molecule has 2 amide bonds. The summed E-state index contributed by atoms with van der Waals surface area (Å²) in [5.41, 5.74) is 1.10. The number of rotatable bonds is 8. The Morgan fingerprint density at radius 1 is 1.07 bits per heavy atom. The Balaban J connectivity index is 1.53. The van der Waals surface area contributed by atoms with Crippen LogP contribution in [-0.4, -0.2) is 88.0 Å². The molecular weight excluding hydrogens is 380 g/mol. The van der Waals surface area contributed by atoms with Crippen molar-refractivity contribution in [3.05, 3.63) is 24.3 Å². The van der Waals surface area contributed by atoms with Gasteiger partial charge in [-0.1, -0.05) is 38.8 Å². The quantitative estimate of drug-likeness (QED) is 0.703. The van der Waals surface area contributed by atoms with Crippen LogP contribution in [-0.2, 0) is 4.74 Å². The molecule has 1 atom stereocenters. The lowest BCUT2D eigenvalue weighted by Gasteiger charge is -2.40. The van der Waals surface area contributed by atoms with Gasteiger partial charge < -0.3 is 24.6 Å². The monoisotopic (exact) mass is 418 g/mol. The highest BCUT2D eigenvalue weighted by Crippen LogP contribution is 2.28. The summed E-state index contributed by atoms with van der Waals surface area (Å²) in [5.74, 6) is 1.47. The summed E-state index contributed by atoms with van der Waals surface area (Å²) in [5, 5.41) is 3.24. The summed E-state index contributed by atoms with van der Waals surface area (Å²) in [6, 6.07) is 8.51. The molecule has 30 heavy (non-hydrogen) atoms. The Morgan fingerprint density at radius 3 is 2.37 bits per heavy atom. The molecule has 0 radical (unpaired) electrons. The van der Waals surface area contributed by atoms with Gasteiger partial charge in [0.1, 0.15) is 5.75 Å². The average Bonchev–Trinajstić information content (AvgIpc) is 2.82. The molecule has 7 nitrogen and oxygen atoms in total. The first-order chi connectivity index (χ1) is 14.7. The van der Waals surface area contributed by atoms with Gasteiger partial charge >= 0.3 is 6.03 Å². The number of methoxy groups -OCH3 is 1. The molecule has 7 heteroatoms. The average molecular weight is 419 g/mol. The minimum absolute atomic E-state index is 0.0545. The van der Waals surface area contributed by atoms with E-state index in [9.17, 15) is 4.79 Å². The smallest absolute Gasteiger partial charge is 0.317 e. The predicted molar refractivity (Wildman–Crippen MR) is 120 cm³/mol. The first kappa shape index (κ1) is 22.7. The standard InChI is InChI=1S/C23H38N4O3/c1-4-19(5-2)21(26-14-16-30-17-15-26)18-24-23(28)27-12-10-25(11-13-27)20-8-6-7-9-22(20)29-3/h6-9,19,21H,4-5,10-18H2,1-3H3,(H,24,28). The number of amides is 2. The van der Waals surface area contributed by atoms with E-state index in [1.807, 2.05) is 23.1 Å². The summed E-state index contributed by atoms with van der Waals surface area (Å²) in [4.78, 5) is 19.6. The molecule has 0 saturated carbocycles. The molecule has 1 N–H and O–H groups in total. The number of carbonyl (C=O) groups excluding carboxylic acids is 1. The third kappa shape index (κ3) is 5.58. The summed E-state index contributed by atoms with van der Waals surface area (Å²) in [6.45, 7) is 11.8. The van der Waals surface area contributed by atoms with E-state index in [1.165, 1.54) is 0 Å². The summed E-state index contributed by atoms with van der Waals surface area (Å²) in [6.07, 6.45) is 2.26. The van der Waals surface area contributed by atoms with Gasteiger partial charge in [-0.25, -0.2) is 4.79 Å². The van der Waals surface area contributed by atoms with Gasteiger partial charge in [0.05, 0.1) is 26.0 Å². The second kappa shape index (κ2) is 11.4. The molecule has 3 rings (SSSR count). The summed E-state index contributed by atoms with van der Waals surface area (Å²) < 4.78 is 11.0. The lowest BCUT2D eigenvalue weighted by atomic mass is 9.92. The Morgan fingerprint density at radius 2 is 1.73 bits per heavy atom. The van der Waals surface area contributed by atoms with E-state index in [2.05, 4.69) is 35.0 Å². The molecule has 168 valence electrons. The SMILES string of the molecule is CCC(CC)C(CNC(=O)N1CCN(c2ccccc2OC)CC1)N1CCOCC1. The van der Waals surface area contributed by atoms with Crippen molar-refractivity contribution in [2.24, 2.45) is 5.92 Å². The number of nitrogens with zero attached hydrogens (tertiary/aromatic N) is 3. The van der Waals surface area contributed by atoms with Gasteiger partial charge in [0, 0.05) is 51.9 Å². The molecule has 1 aromatic rings. The molecular formula is C23H38N4O3. The van der Waals surface area contributed by atoms with Crippen molar-refractivity contribution in [1.82, 2.24) is 15.1 Å². The van der Waals surface area contributed by atoms with E-state index < -0.39 is 0 Å². The highest BCUT2D eigenvalue weighted by Gasteiger charge is 2.29. The highest BCUT2D eigenvalue weighted by atomic mass is 16.5. The largest absolute Gasteiger partial charge is 0.495 e. The van der Waals surface area contributed by atoms with Crippen LogP contribution in [0, 0.1) is 5.92 Å². The van der Waals surface area contributed by atoms with Crippen molar-refractivity contribution < 1.29 is 14.3 Å². The van der Waals surface area contributed by atoms with Crippen molar-refractivity contribution in [2.45, 2.75) is 32.7 Å². The van der Waals surface area contributed by atoms with Crippen LogP contribution >= 0.6 is 0 Å². The van der Waals surface area contributed by atoms with Crippen LogP contribution in [0.3, 0.4) is 0 Å². The summed E-state index contributed by atoms with van der Waals surface area (Å²) in [7, 11) is 1.70. The minimum Gasteiger partial charge on any atom is -0.495 e. The van der Waals surface area contributed by atoms with E-state index in [0.717, 1.165) is 76.8 Å². The highest BCUT2D eigenvalue weighted by molar-refractivity contribution is 5.74. The first-order valence-electron chi connectivity index (χ1n) is 11.4. The fourth-order valence-electron chi connectivity index (χ4n) is 4.68. The van der Waals surface area contributed by atoms with Gasteiger partial charge in [-0.2, -0.15) is 0 Å². The number of hydrogen-bond donors (Lipinski definition) is 1. The third-order valence-electron chi connectivity index (χ3n) is 6.56. The van der Waals surface area contributed by atoms with Crippen molar-refractivity contribution in [2.75, 3.05) is 71.0 Å². The fraction of sp³-hybridized carbons (Fsp3) is 0.696. The van der Waals surface area contributed by atoms with Crippen molar-refractivity contribution in [3.8, 4) is 5.75 Å². The summed E-state index contributed by atoms with van der Waals surface area (Å²) >= 11 is 0. The van der Waals surface area contributed by atoms with E-state index in [1.54, 1.807) is 7.11 Å². The lowest BCUT2D eigenvalue weighted by Crippen LogP contribution is -2.56. The number of para-hydroxylation sites is 2. The Kier molecular flexibility index (Phi) is 8.63. The number of anilines is 1. The molecule has 2 fully saturated rings. The van der Waals surface area contributed by atoms with Crippen molar-refractivity contribution in [1.29, 1.82) is 0 Å². The third-order valence-corrected chi connectivity index (χ3v) is 6.56. The molecule has 2 heterocycles. The maximum atomic E-state index is 12.9. The predicted octanol–water partition coefficient (Wildman–Crippen LogP) is 2.66. The molecule has 2 aliphatic rings. The number of nitrogens with one attached hydrogen (secondary N) is 1. The molecule has 0 bridgehead atoms. The second-order valence-corrected chi connectivity index (χ2v) is 8.12. The molecule has 1 unspecified atom stereocenters. The Bertz CT molecular complexity index is 654. The molecule has 2 aliphatic heterocycles. The maximum absolute atomic E-state index is 12.9. The number of ether oxygens (including phenoxy) is 2. The topological polar surface area (TPSA) is 57.3 Å². The number of benzene rings is 1. The van der Waals surface area contributed by atoms with Crippen LogP contribution < -0.4 is 15.0 Å². The normalized spacial score (nSPS) is 19.1. The van der Waals surface area contributed by atoms with Crippen LogP contribution in [0.15, 0.2) is 24.3 Å². The number of morpholine rings is 1. The van der Waals surface area contributed by atoms with E-state index in [0.29, 0.717) is 18.5 Å². The molecule has 1 aromatic carbocycles. The molecule has 0 aliphatic carbocycles. The Hall–Kier alpha value is -1.99. The zero-order chi connectivity index (χ0) is 21.3. The van der Waals surface area contributed by atoms with Crippen molar-refractivity contribution in [3.63, 3.8) is 0 Å². The zero-order valence-corrected chi connectivity index (χ0v) is 18.8. The molecule has 0 spiro atoms. The van der Waals surface area contributed by atoms with Gasteiger partial charge in [-0.3, -0.25) is 4.90 Å². The van der Waals surface area contributed by atoms with Gasteiger partial charge in [-0.05, 0) is 18.1 Å². The minimum atomic E-state index is 0.0545. The number of urea groups is 1. The van der Waals surface area contributed by atoms with Gasteiger partial charge in [0.25, 0.3) is 0 Å². The first-order valence-corrected chi connectivity index (χ1v) is 11.4. The van der Waals surface area contributed by atoms with E-state index in [-0.39, 0.29) is 6.03 Å². The maximum Gasteiger partial charge on any atom is 0.317 e. The van der Waals surface area contributed by atoms with E-state index in [4.69, 9.17) is 9.47 Å². The zero-order valence-electron chi connectivity index (χ0n) is 18.8. The number of hydrogen-bond acceptors (Lipinski definition) is 5. The van der Waals surface area contributed by atoms with Gasteiger partial charge in [0.2, 0.25) is 0 Å². The van der Waals surface area contributed by atoms with Gasteiger partial charge in [0.15, 0.2) is 0 Å². The van der Waals surface area contributed by atoms with Crippen LogP contribution in [0.2, 0.25) is 0 Å². The lowest BCUT2D eigenvalue weighted by molar-refractivity contribution is 0.00210. The Labute approximate surface area is 181 Å². The van der Waals surface area contributed by atoms with Crippen LogP contribution in [0.1, 0.15) is 26.7 Å². The number of carbonyl (C=O) groups is 1. The van der Waals surface area contributed by atoms with Crippen LogP contribution in [0.4, 0.5) is 10.5 Å². The molecule has 2 saturated heterocycles. The van der Waals surface area contributed by atoms with Crippen LogP contribution in [0.5, 0.6) is 5.75 Å². The van der Waals surface area contributed by atoms with Crippen molar-refractivity contribution >= 4 is 11.7 Å².